The van der Waals surface area contributed by atoms with Crippen LogP contribution in [-0.2, 0) is 4.79 Å². The highest BCUT2D eigenvalue weighted by atomic mass is 16.1. The molecular weight excluding hydrogens is 356 g/mol. The van der Waals surface area contributed by atoms with Crippen molar-refractivity contribution in [3.63, 3.8) is 0 Å². The summed E-state index contributed by atoms with van der Waals surface area (Å²) >= 11 is 0. The molecule has 1 aliphatic heterocycles. The average molecular weight is 374 g/mol. The molecule has 1 aliphatic rings. The van der Waals surface area contributed by atoms with Crippen molar-refractivity contribution in [3.05, 3.63) is 54.9 Å². The highest BCUT2D eigenvalue weighted by Crippen LogP contribution is 2.24. The summed E-state index contributed by atoms with van der Waals surface area (Å²) in [6, 6.07) is 10.9. The summed E-state index contributed by atoms with van der Waals surface area (Å²) in [5.74, 6) is 1.09. The molecule has 140 valence electrons. The van der Waals surface area contributed by atoms with Gasteiger partial charge in [0.2, 0.25) is 5.91 Å². The molecule has 1 N–H and O–H groups in total. The van der Waals surface area contributed by atoms with E-state index in [0.29, 0.717) is 23.6 Å². The van der Waals surface area contributed by atoms with E-state index in [1.165, 1.54) is 12.7 Å². The molecule has 0 radical (unpaired) electrons. The number of piperidine rings is 1. The fourth-order valence-electron chi connectivity index (χ4n) is 3.29. The third-order valence-electron chi connectivity index (χ3n) is 4.71. The van der Waals surface area contributed by atoms with Crippen LogP contribution in [0.4, 0.5) is 11.5 Å². The minimum Gasteiger partial charge on any atom is -0.356 e. The number of amides is 1. The lowest BCUT2D eigenvalue weighted by atomic mass is 9.97. The highest BCUT2D eigenvalue weighted by Gasteiger charge is 2.27. The Labute approximate surface area is 161 Å². The van der Waals surface area contributed by atoms with Gasteiger partial charge in [0.25, 0.3) is 0 Å². The number of hydrogen-bond donors (Lipinski definition) is 1. The van der Waals surface area contributed by atoms with Crippen LogP contribution in [-0.4, -0.2) is 43.7 Å². The predicted molar refractivity (Wildman–Crippen MR) is 102 cm³/mol. The van der Waals surface area contributed by atoms with Crippen LogP contribution in [0.5, 0.6) is 0 Å². The summed E-state index contributed by atoms with van der Waals surface area (Å²) in [6.07, 6.45) is 6.17. The van der Waals surface area contributed by atoms with E-state index in [1.807, 2.05) is 6.07 Å². The number of anilines is 2. The van der Waals surface area contributed by atoms with Crippen LogP contribution in [0.1, 0.15) is 18.4 Å². The van der Waals surface area contributed by atoms with Crippen LogP contribution in [0.15, 0.2) is 49.3 Å². The van der Waals surface area contributed by atoms with E-state index < -0.39 is 0 Å². The first-order valence-corrected chi connectivity index (χ1v) is 8.96. The lowest BCUT2D eigenvalue weighted by Gasteiger charge is -2.32. The maximum atomic E-state index is 12.8. The number of carbonyl (C=O) groups excluding carboxylic acids is 1. The molecule has 1 fully saturated rings. The Balaban J connectivity index is 1.48. The number of benzene rings is 1. The topological polar surface area (TPSA) is 113 Å². The molecule has 1 aromatic carbocycles. The van der Waals surface area contributed by atoms with Gasteiger partial charge < -0.3 is 10.2 Å². The zero-order valence-electron chi connectivity index (χ0n) is 15.1. The number of carbonyl (C=O) groups is 1. The van der Waals surface area contributed by atoms with Crippen LogP contribution < -0.4 is 10.2 Å². The van der Waals surface area contributed by atoms with Gasteiger partial charge in [0, 0.05) is 19.2 Å². The van der Waals surface area contributed by atoms with Gasteiger partial charge in [-0.1, -0.05) is 12.1 Å². The summed E-state index contributed by atoms with van der Waals surface area (Å²) in [4.78, 5) is 27.3. The second-order valence-electron chi connectivity index (χ2n) is 6.51. The molecule has 9 heteroatoms. The monoisotopic (exact) mass is 374 g/mol. The van der Waals surface area contributed by atoms with Crippen LogP contribution in [0.3, 0.4) is 0 Å². The largest absolute Gasteiger partial charge is 0.356 e. The van der Waals surface area contributed by atoms with E-state index in [0.717, 1.165) is 25.2 Å². The molecular formula is C19H18N8O. The number of rotatable bonds is 4. The van der Waals surface area contributed by atoms with Gasteiger partial charge in [-0.25, -0.2) is 19.6 Å². The standard InChI is InChI=1S/C19H18N8O/c20-9-14-4-1-2-6-16(14)25-19(28)15-5-3-7-26(10-15)17-8-18(23-12-22-17)27-13-21-11-24-27/h1-2,4,6,8,11-13,15H,3,5,7,10H2,(H,25,28)/t15-/m0/s1. The molecule has 0 saturated carbocycles. The zero-order valence-corrected chi connectivity index (χ0v) is 15.1. The number of nitriles is 1. The quantitative estimate of drug-likeness (QED) is 0.740. The smallest absolute Gasteiger partial charge is 0.229 e. The molecule has 0 unspecified atom stereocenters. The van der Waals surface area contributed by atoms with Crippen molar-refractivity contribution in [3.8, 4) is 11.9 Å². The molecule has 0 spiro atoms. The van der Waals surface area contributed by atoms with Crippen molar-refractivity contribution in [1.82, 2.24) is 24.7 Å². The molecule has 1 atom stereocenters. The summed E-state index contributed by atoms with van der Waals surface area (Å²) < 4.78 is 1.57. The fourth-order valence-corrected chi connectivity index (χ4v) is 3.29. The summed E-state index contributed by atoms with van der Waals surface area (Å²) in [5, 5.41) is 16.2. The number of nitrogens with zero attached hydrogens (tertiary/aromatic N) is 7. The maximum absolute atomic E-state index is 12.8. The first kappa shape index (κ1) is 17.6. The van der Waals surface area contributed by atoms with E-state index in [4.69, 9.17) is 0 Å². The van der Waals surface area contributed by atoms with Gasteiger partial charge in [-0.05, 0) is 25.0 Å². The second kappa shape index (κ2) is 7.84. The van der Waals surface area contributed by atoms with Crippen molar-refractivity contribution in [2.75, 3.05) is 23.3 Å². The van der Waals surface area contributed by atoms with Crippen molar-refractivity contribution in [2.45, 2.75) is 12.8 Å². The van der Waals surface area contributed by atoms with Crippen molar-refractivity contribution in [2.24, 2.45) is 5.92 Å². The van der Waals surface area contributed by atoms with Gasteiger partial charge in [-0.2, -0.15) is 10.4 Å². The molecule has 4 rings (SSSR count). The molecule has 1 amide bonds. The van der Waals surface area contributed by atoms with Gasteiger partial charge in [0.1, 0.15) is 30.9 Å². The van der Waals surface area contributed by atoms with Gasteiger partial charge in [-0.15, -0.1) is 0 Å². The first-order valence-electron chi connectivity index (χ1n) is 8.96. The third-order valence-corrected chi connectivity index (χ3v) is 4.71. The average Bonchev–Trinajstić information content (AvgIpc) is 3.29. The molecule has 28 heavy (non-hydrogen) atoms. The molecule has 2 aromatic heterocycles. The number of para-hydroxylation sites is 1. The second-order valence-corrected chi connectivity index (χ2v) is 6.51. The van der Waals surface area contributed by atoms with Gasteiger partial charge in [0.15, 0.2) is 5.82 Å². The SMILES string of the molecule is N#Cc1ccccc1NC(=O)[C@H]1CCCN(c2cc(-n3cncn3)ncn2)C1. The van der Waals surface area contributed by atoms with Crippen molar-refractivity contribution >= 4 is 17.4 Å². The van der Waals surface area contributed by atoms with E-state index in [2.05, 4.69) is 36.3 Å². The lowest BCUT2D eigenvalue weighted by Crippen LogP contribution is -2.41. The van der Waals surface area contributed by atoms with E-state index >= 15 is 0 Å². The molecule has 9 nitrogen and oxygen atoms in total. The van der Waals surface area contributed by atoms with E-state index in [1.54, 1.807) is 35.3 Å². The van der Waals surface area contributed by atoms with Crippen LogP contribution in [0, 0.1) is 17.2 Å². The molecule has 3 heterocycles. The van der Waals surface area contributed by atoms with Gasteiger partial charge in [-0.3, -0.25) is 4.79 Å². The Morgan fingerprint density at radius 2 is 2.07 bits per heavy atom. The predicted octanol–water partition coefficient (Wildman–Crippen LogP) is 1.78. The Morgan fingerprint density at radius 3 is 2.89 bits per heavy atom. The van der Waals surface area contributed by atoms with Crippen LogP contribution in [0.2, 0.25) is 0 Å². The van der Waals surface area contributed by atoms with Gasteiger partial charge in [0.05, 0.1) is 17.2 Å². The number of aromatic nitrogens is 5. The Hall–Kier alpha value is -3.80. The fraction of sp³-hybridized carbons (Fsp3) is 0.263. The first-order chi connectivity index (χ1) is 13.7. The zero-order chi connectivity index (χ0) is 19.3. The summed E-state index contributed by atoms with van der Waals surface area (Å²) in [6.45, 7) is 1.36. The number of nitrogens with one attached hydrogen (secondary N) is 1. The highest BCUT2D eigenvalue weighted by molar-refractivity contribution is 5.94. The van der Waals surface area contributed by atoms with Crippen molar-refractivity contribution < 1.29 is 4.79 Å². The lowest BCUT2D eigenvalue weighted by molar-refractivity contribution is -0.120. The molecule has 0 aliphatic carbocycles. The minimum atomic E-state index is -0.190. The summed E-state index contributed by atoms with van der Waals surface area (Å²) in [5.41, 5.74) is 0.999. The molecule has 3 aromatic rings. The Kier molecular flexibility index (Phi) is 4.93. The van der Waals surface area contributed by atoms with E-state index in [-0.39, 0.29) is 11.8 Å². The third kappa shape index (κ3) is 3.66. The minimum absolute atomic E-state index is 0.0852. The molecule has 0 bridgehead atoms. The van der Waals surface area contributed by atoms with Gasteiger partial charge >= 0.3 is 0 Å². The Morgan fingerprint density at radius 1 is 1.21 bits per heavy atom. The van der Waals surface area contributed by atoms with E-state index in [9.17, 15) is 10.1 Å². The van der Waals surface area contributed by atoms with Crippen molar-refractivity contribution in [1.29, 1.82) is 5.26 Å². The normalized spacial score (nSPS) is 16.4. The van der Waals surface area contributed by atoms with Crippen LogP contribution in [0.25, 0.3) is 5.82 Å². The maximum Gasteiger partial charge on any atom is 0.229 e. The summed E-state index contributed by atoms with van der Waals surface area (Å²) in [7, 11) is 0. The Bertz CT molecular complexity index is 1010. The van der Waals surface area contributed by atoms with Crippen LogP contribution >= 0.6 is 0 Å². The number of hydrogen-bond acceptors (Lipinski definition) is 7. The molecule has 1 saturated heterocycles.